The number of aliphatic hydroxyl groups is 1. The molecule has 0 aliphatic rings. The second kappa shape index (κ2) is 9.48. The first kappa shape index (κ1) is 20.7. The summed E-state index contributed by atoms with van der Waals surface area (Å²) in [5, 5.41) is 18.6. The Morgan fingerprint density at radius 1 is 0.828 bits per heavy atom. The first-order chi connectivity index (χ1) is 14.0. The highest BCUT2D eigenvalue weighted by molar-refractivity contribution is 5.72. The minimum absolute atomic E-state index is 0.194. The van der Waals surface area contributed by atoms with E-state index in [9.17, 15) is 19.0 Å². The Bertz CT molecular complexity index is 975. The molecule has 3 aromatic carbocycles. The molecule has 2 nitrogen and oxygen atoms in total. The third-order valence-electron chi connectivity index (χ3n) is 4.80. The molecule has 1 unspecified atom stereocenters. The Kier molecular flexibility index (Phi) is 6.78. The van der Waals surface area contributed by atoms with Crippen LogP contribution in [-0.2, 0) is 0 Å². The van der Waals surface area contributed by atoms with Gasteiger partial charge in [0.15, 0.2) is 11.6 Å². The van der Waals surface area contributed by atoms with Gasteiger partial charge in [-0.2, -0.15) is 0 Å². The zero-order valence-corrected chi connectivity index (χ0v) is 16.3. The largest absolute Gasteiger partial charge is 0.508 e. The predicted octanol–water partition coefficient (Wildman–Crippen LogP) is 6.57. The van der Waals surface area contributed by atoms with Gasteiger partial charge in [-0.1, -0.05) is 60.7 Å². The van der Waals surface area contributed by atoms with Crippen molar-refractivity contribution in [2.24, 2.45) is 0 Å². The van der Waals surface area contributed by atoms with Crippen molar-refractivity contribution in [3.05, 3.63) is 83.9 Å². The maximum absolute atomic E-state index is 14.6. The number of unbranched alkanes of at least 4 members (excludes halogenated alkanes) is 1. The standard InChI is InChI=1S/C25H24F2O2/c1-17(28)5-3-2-4-6-21-13-16-23(25(27)24(21)26)20-9-7-18(8-10-20)19-11-14-22(29)15-12-19/h4,6-17,28-29H,2-3,5H2,1H3. The highest BCUT2D eigenvalue weighted by Gasteiger charge is 2.13. The molecule has 3 aromatic rings. The average Bonchev–Trinajstić information content (AvgIpc) is 2.71. The van der Waals surface area contributed by atoms with Crippen LogP contribution in [0.2, 0.25) is 0 Å². The van der Waals surface area contributed by atoms with Gasteiger partial charge in [0.05, 0.1) is 6.10 Å². The molecule has 0 fully saturated rings. The topological polar surface area (TPSA) is 40.5 Å². The molecular weight excluding hydrogens is 370 g/mol. The zero-order chi connectivity index (χ0) is 20.8. The lowest BCUT2D eigenvalue weighted by Crippen LogP contribution is -1.97. The molecule has 1 atom stereocenters. The van der Waals surface area contributed by atoms with Crippen LogP contribution in [-0.4, -0.2) is 16.3 Å². The lowest BCUT2D eigenvalue weighted by Gasteiger charge is -2.08. The van der Waals surface area contributed by atoms with E-state index >= 15 is 0 Å². The summed E-state index contributed by atoms with van der Waals surface area (Å²) in [4.78, 5) is 0. The van der Waals surface area contributed by atoms with Crippen LogP contribution in [0.5, 0.6) is 5.75 Å². The van der Waals surface area contributed by atoms with E-state index in [1.165, 1.54) is 0 Å². The normalized spacial score (nSPS) is 12.4. The van der Waals surface area contributed by atoms with Crippen molar-refractivity contribution >= 4 is 6.08 Å². The van der Waals surface area contributed by atoms with Crippen LogP contribution in [0.1, 0.15) is 31.7 Å². The van der Waals surface area contributed by atoms with Crippen molar-refractivity contribution in [3.63, 3.8) is 0 Å². The number of allylic oxidation sites excluding steroid dienone is 1. The molecule has 0 saturated heterocycles. The van der Waals surface area contributed by atoms with Crippen molar-refractivity contribution in [1.29, 1.82) is 0 Å². The second-order valence-corrected chi connectivity index (χ2v) is 7.14. The lowest BCUT2D eigenvalue weighted by molar-refractivity contribution is 0.182. The van der Waals surface area contributed by atoms with Crippen LogP contribution in [0.25, 0.3) is 28.3 Å². The number of phenols is 1. The highest BCUT2D eigenvalue weighted by Crippen LogP contribution is 2.30. The molecule has 0 saturated carbocycles. The van der Waals surface area contributed by atoms with E-state index < -0.39 is 11.6 Å². The molecule has 0 radical (unpaired) electrons. The number of hydrogen-bond acceptors (Lipinski definition) is 2. The highest BCUT2D eigenvalue weighted by atomic mass is 19.2. The Labute approximate surface area is 169 Å². The maximum Gasteiger partial charge on any atom is 0.167 e. The lowest BCUT2D eigenvalue weighted by atomic mass is 9.98. The molecule has 0 amide bonds. The summed E-state index contributed by atoms with van der Waals surface area (Å²) in [6.07, 6.45) is 5.21. The summed E-state index contributed by atoms with van der Waals surface area (Å²) in [5.74, 6) is -1.54. The van der Waals surface area contributed by atoms with Gasteiger partial charge in [-0.15, -0.1) is 0 Å². The molecular formula is C25H24F2O2. The van der Waals surface area contributed by atoms with Gasteiger partial charge in [-0.3, -0.25) is 0 Å². The molecule has 0 heterocycles. The van der Waals surface area contributed by atoms with E-state index in [1.807, 2.05) is 12.1 Å². The smallest absolute Gasteiger partial charge is 0.167 e. The minimum Gasteiger partial charge on any atom is -0.508 e. The van der Waals surface area contributed by atoms with E-state index in [2.05, 4.69) is 0 Å². The van der Waals surface area contributed by atoms with Crippen LogP contribution in [0.4, 0.5) is 8.78 Å². The van der Waals surface area contributed by atoms with Gasteiger partial charge in [0, 0.05) is 11.1 Å². The van der Waals surface area contributed by atoms with E-state index in [0.717, 1.165) is 17.5 Å². The summed E-state index contributed by atoms with van der Waals surface area (Å²) < 4.78 is 29.1. The Morgan fingerprint density at radius 2 is 1.41 bits per heavy atom. The van der Waals surface area contributed by atoms with Crippen molar-refractivity contribution in [2.75, 3.05) is 0 Å². The van der Waals surface area contributed by atoms with Gasteiger partial charge < -0.3 is 10.2 Å². The van der Waals surface area contributed by atoms with Crippen molar-refractivity contribution < 1.29 is 19.0 Å². The Morgan fingerprint density at radius 3 is 2.03 bits per heavy atom. The summed E-state index contributed by atoms with van der Waals surface area (Å²) in [6.45, 7) is 1.73. The van der Waals surface area contributed by atoms with Gasteiger partial charge in [0.1, 0.15) is 5.75 Å². The quantitative estimate of drug-likeness (QED) is 0.445. The fourth-order valence-corrected chi connectivity index (χ4v) is 3.15. The van der Waals surface area contributed by atoms with Gasteiger partial charge in [0.2, 0.25) is 0 Å². The molecule has 29 heavy (non-hydrogen) atoms. The Balaban J connectivity index is 1.76. The number of hydrogen-bond donors (Lipinski definition) is 2. The minimum atomic E-state index is -0.867. The SMILES string of the molecule is CC(O)CCCC=Cc1ccc(-c2ccc(-c3ccc(O)cc3)cc2)c(F)c1F. The maximum atomic E-state index is 14.6. The third kappa shape index (κ3) is 5.30. The average molecular weight is 394 g/mol. The van der Waals surface area contributed by atoms with Crippen molar-refractivity contribution in [2.45, 2.75) is 32.3 Å². The van der Waals surface area contributed by atoms with E-state index in [1.54, 1.807) is 67.6 Å². The molecule has 0 aromatic heterocycles. The monoisotopic (exact) mass is 394 g/mol. The molecule has 3 rings (SSSR count). The van der Waals surface area contributed by atoms with E-state index in [-0.39, 0.29) is 23.0 Å². The number of rotatable bonds is 7. The molecule has 0 spiro atoms. The fourth-order valence-electron chi connectivity index (χ4n) is 3.15. The van der Waals surface area contributed by atoms with Crippen LogP contribution in [0.15, 0.2) is 66.7 Å². The summed E-state index contributed by atoms with van der Waals surface area (Å²) in [6, 6.07) is 17.2. The molecule has 2 N–H and O–H groups in total. The van der Waals surface area contributed by atoms with Crippen LogP contribution in [0, 0.1) is 11.6 Å². The first-order valence-electron chi connectivity index (χ1n) is 9.68. The zero-order valence-electron chi connectivity index (χ0n) is 16.3. The van der Waals surface area contributed by atoms with Crippen LogP contribution in [0.3, 0.4) is 0 Å². The summed E-state index contributed by atoms with van der Waals surface area (Å²) >= 11 is 0. The van der Waals surface area contributed by atoms with E-state index in [4.69, 9.17) is 0 Å². The predicted molar refractivity (Wildman–Crippen MR) is 113 cm³/mol. The van der Waals surface area contributed by atoms with Crippen LogP contribution >= 0.6 is 0 Å². The van der Waals surface area contributed by atoms with Gasteiger partial charge in [-0.25, -0.2) is 8.78 Å². The number of benzene rings is 3. The number of halogens is 2. The number of phenolic OH excluding ortho intramolecular Hbond substituents is 1. The second-order valence-electron chi connectivity index (χ2n) is 7.14. The molecule has 0 aliphatic heterocycles. The van der Waals surface area contributed by atoms with Crippen molar-refractivity contribution in [3.8, 4) is 28.0 Å². The van der Waals surface area contributed by atoms with E-state index in [0.29, 0.717) is 18.4 Å². The Hall–Kier alpha value is -2.98. The number of aromatic hydroxyl groups is 1. The first-order valence-corrected chi connectivity index (χ1v) is 9.68. The number of aliphatic hydroxyl groups excluding tert-OH is 1. The molecule has 0 aliphatic carbocycles. The summed E-state index contributed by atoms with van der Waals surface area (Å²) in [7, 11) is 0. The summed E-state index contributed by atoms with van der Waals surface area (Å²) in [5.41, 5.74) is 2.87. The third-order valence-corrected chi connectivity index (χ3v) is 4.80. The van der Waals surface area contributed by atoms with Crippen LogP contribution < -0.4 is 0 Å². The molecule has 150 valence electrons. The molecule has 0 bridgehead atoms. The fraction of sp³-hybridized carbons (Fsp3) is 0.200. The van der Waals surface area contributed by atoms with Gasteiger partial charge in [0.25, 0.3) is 0 Å². The van der Waals surface area contributed by atoms with Gasteiger partial charge in [-0.05, 0) is 55.0 Å². The van der Waals surface area contributed by atoms with Crippen molar-refractivity contribution in [1.82, 2.24) is 0 Å². The molecule has 4 heteroatoms. The van der Waals surface area contributed by atoms with Gasteiger partial charge >= 0.3 is 0 Å².